The van der Waals surface area contributed by atoms with Gasteiger partial charge in [0.05, 0.1) is 5.69 Å². The van der Waals surface area contributed by atoms with E-state index in [9.17, 15) is 8.42 Å². The topological polar surface area (TPSA) is 98.0 Å². The molecule has 0 aliphatic carbocycles. The fourth-order valence-electron chi connectivity index (χ4n) is 1.41. The van der Waals surface area contributed by atoms with Gasteiger partial charge in [-0.1, -0.05) is 15.9 Å². The Morgan fingerprint density at radius 3 is 2.58 bits per heavy atom. The van der Waals surface area contributed by atoms with E-state index in [1.54, 1.807) is 12.1 Å². The van der Waals surface area contributed by atoms with E-state index in [1.807, 2.05) is 0 Å². The number of benzene rings is 1. The first-order chi connectivity index (χ1) is 8.90. The van der Waals surface area contributed by atoms with Crippen LogP contribution in [0.2, 0.25) is 0 Å². The van der Waals surface area contributed by atoms with Gasteiger partial charge < -0.3 is 5.73 Å². The van der Waals surface area contributed by atoms with Crippen LogP contribution in [0.4, 0.5) is 11.5 Å². The first-order valence-electron chi connectivity index (χ1n) is 4.95. The number of sulfonamides is 1. The second-order valence-corrected chi connectivity index (χ2v) is 6.91. The van der Waals surface area contributed by atoms with Gasteiger partial charge >= 0.3 is 0 Å². The molecule has 2 rings (SSSR count). The molecule has 19 heavy (non-hydrogen) atoms. The Balaban J connectivity index is 2.46. The lowest BCUT2D eigenvalue weighted by molar-refractivity contribution is 0.601. The van der Waals surface area contributed by atoms with Crippen molar-refractivity contribution < 1.29 is 8.42 Å². The molecule has 0 unspecified atom stereocenters. The van der Waals surface area contributed by atoms with Gasteiger partial charge in [0.25, 0.3) is 10.0 Å². The minimum Gasteiger partial charge on any atom is -0.398 e. The molecule has 0 spiro atoms. The normalized spacial score (nSPS) is 11.3. The van der Waals surface area contributed by atoms with E-state index >= 15 is 0 Å². The van der Waals surface area contributed by atoms with Crippen LogP contribution in [0.15, 0.2) is 44.3 Å². The van der Waals surface area contributed by atoms with Crippen LogP contribution >= 0.6 is 31.9 Å². The smallest absolute Gasteiger partial charge is 0.266 e. The summed E-state index contributed by atoms with van der Waals surface area (Å²) in [5, 5.41) is 7.25. The quantitative estimate of drug-likeness (QED) is 0.761. The zero-order valence-corrected chi connectivity index (χ0v) is 13.3. The fourth-order valence-corrected chi connectivity index (χ4v) is 4.48. The summed E-state index contributed by atoms with van der Waals surface area (Å²) in [6, 6.07) is 6.18. The molecule has 0 saturated heterocycles. The maximum atomic E-state index is 12.3. The van der Waals surface area contributed by atoms with Crippen molar-refractivity contribution in [1.82, 2.24) is 10.2 Å². The molecule has 6 nitrogen and oxygen atoms in total. The van der Waals surface area contributed by atoms with Crippen molar-refractivity contribution in [2.45, 2.75) is 4.90 Å². The molecule has 100 valence electrons. The highest BCUT2D eigenvalue weighted by Crippen LogP contribution is 2.32. The first kappa shape index (κ1) is 14.2. The Bertz CT molecular complexity index is 684. The summed E-state index contributed by atoms with van der Waals surface area (Å²) in [7, 11) is -3.84. The predicted octanol–water partition coefficient (Wildman–Crippen LogP) is 2.38. The number of hydrogen-bond donors (Lipinski definition) is 2. The minimum absolute atomic E-state index is 0.0404. The van der Waals surface area contributed by atoms with Crippen LogP contribution in [0.25, 0.3) is 0 Å². The third-order valence-corrected chi connectivity index (χ3v) is 4.93. The lowest BCUT2D eigenvalue weighted by atomic mass is 10.3. The average Bonchev–Trinajstić information content (AvgIpc) is 2.27. The molecule has 1 heterocycles. The SMILES string of the molecule is Nc1cc(Br)cc(Br)c1S(=O)(=O)Nc1cccnn1. The van der Waals surface area contributed by atoms with E-state index in [-0.39, 0.29) is 16.4 Å². The molecule has 0 aliphatic heterocycles. The number of rotatable bonds is 3. The number of nitrogens with two attached hydrogens (primary N) is 1. The maximum absolute atomic E-state index is 12.3. The highest BCUT2D eigenvalue weighted by atomic mass is 79.9. The fraction of sp³-hybridized carbons (Fsp3) is 0. The second kappa shape index (κ2) is 5.43. The summed E-state index contributed by atoms with van der Waals surface area (Å²) in [5.74, 6) is 0.122. The van der Waals surface area contributed by atoms with Crippen LogP contribution in [-0.2, 0) is 10.0 Å². The third kappa shape index (κ3) is 3.23. The Morgan fingerprint density at radius 1 is 1.26 bits per heavy atom. The van der Waals surface area contributed by atoms with Crippen molar-refractivity contribution in [3.05, 3.63) is 39.4 Å². The summed E-state index contributed by atoms with van der Waals surface area (Å²) < 4.78 is 27.8. The molecule has 2 aromatic rings. The molecule has 0 atom stereocenters. The van der Waals surface area contributed by atoms with Gasteiger partial charge in [0.15, 0.2) is 5.82 Å². The second-order valence-electron chi connectivity index (χ2n) is 3.52. The van der Waals surface area contributed by atoms with Gasteiger partial charge in [-0.25, -0.2) is 8.42 Å². The van der Waals surface area contributed by atoms with Crippen LogP contribution < -0.4 is 10.5 Å². The van der Waals surface area contributed by atoms with Gasteiger partial charge in [-0.05, 0) is 40.2 Å². The van der Waals surface area contributed by atoms with Crippen LogP contribution in [0.1, 0.15) is 0 Å². The number of aromatic nitrogens is 2. The molecule has 3 N–H and O–H groups in total. The lowest BCUT2D eigenvalue weighted by Crippen LogP contribution is -2.16. The van der Waals surface area contributed by atoms with E-state index in [1.165, 1.54) is 18.3 Å². The molecular weight excluding hydrogens is 400 g/mol. The molecule has 0 saturated carbocycles. The standard InChI is InChI=1S/C10H8Br2N4O2S/c11-6-4-7(12)10(8(13)5-6)19(17,18)16-9-2-1-3-14-15-9/h1-5H,13H2,(H,15,16). The molecule has 1 aromatic heterocycles. The van der Waals surface area contributed by atoms with Gasteiger partial charge in [0, 0.05) is 15.1 Å². The van der Waals surface area contributed by atoms with E-state index in [0.717, 1.165) is 0 Å². The Hall–Kier alpha value is -1.19. The molecule has 0 radical (unpaired) electrons. The van der Waals surface area contributed by atoms with Crippen molar-refractivity contribution in [1.29, 1.82) is 0 Å². The van der Waals surface area contributed by atoms with E-state index in [0.29, 0.717) is 8.95 Å². The summed E-state index contributed by atoms with van der Waals surface area (Å²) in [6.07, 6.45) is 1.45. The highest BCUT2D eigenvalue weighted by Gasteiger charge is 2.22. The molecule has 0 fully saturated rings. The monoisotopic (exact) mass is 406 g/mol. The van der Waals surface area contributed by atoms with Gasteiger partial charge in [0.2, 0.25) is 0 Å². The number of hydrogen-bond acceptors (Lipinski definition) is 5. The van der Waals surface area contributed by atoms with Gasteiger partial charge in [-0.2, -0.15) is 5.10 Å². The van der Waals surface area contributed by atoms with Crippen molar-refractivity contribution in [3.63, 3.8) is 0 Å². The summed E-state index contributed by atoms with van der Waals surface area (Å²) in [4.78, 5) is -0.0404. The number of halogens is 2. The molecule has 0 amide bonds. The van der Waals surface area contributed by atoms with Crippen molar-refractivity contribution in [2.24, 2.45) is 0 Å². The van der Waals surface area contributed by atoms with Gasteiger partial charge in [-0.15, -0.1) is 5.10 Å². The number of nitrogens with zero attached hydrogens (tertiary/aromatic N) is 2. The van der Waals surface area contributed by atoms with E-state index in [4.69, 9.17) is 5.73 Å². The van der Waals surface area contributed by atoms with Gasteiger partial charge in [-0.3, -0.25) is 4.72 Å². The summed E-state index contributed by atoms with van der Waals surface area (Å²) >= 11 is 6.42. The van der Waals surface area contributed by atoms with Crippen LogP contribution in [-0.4, -0.2) is 18.6 Å². The molecule has 1 aromatic carbocycles. The van der Waals surface area contributed by atoms with E-state index < -0.39 is 10.0 Å². The Kier molecular flexibility index (Phi) is 4.07. The predicted molar refractivity (Wildman–Crippen MR) is 79.1 cm³/mol. The summed E-state index contributed by atoms with van der Waals surface area (Å²) in [6.45, 7) is 0. The van der Waals surface area contributed by atoms with Crippen molar-refractivity contribution in [3.8, 4) is 0 Å². The highest BCUT2D eigenvalue weighted by molar-refractivity contribution is 9.11. The molecule has 0 bridgehead atoms. The molecule has 9 heteroatoms. The lowest BCUT2D eigenvalue weighted by Gasteiger charge is -2.11. The molecular formula is C10H8Br2N4O2S. The summed E-state index contributed by atoms with van der Waals surface area (Å²) in [5.41, 5.74) is 5.87. The van der Waals surface area contributed by atoms with Gasteiger partial charge in [0.1, 0.15) is 4.90 Å². The largest absolute Gasteiger partial charge is 0.398 e. The Labute approximate surface area is 126 Å². The third-order valence-electron chi connectivity index (χ3n) is 2.12. The van der Waals surface area contributed by atoms with Crippen molar-refractivity contribution >= 4 is 53.4 Å². The van der Waals surface area contributed by atoms with Crippen molar-refractivity contribution in [2.75, 3.05) is 10.5 Å². The number of nitrogen functional groups attached to an aromatic ring is 1. The average molecular weight is 408 g/mol. The zero-order valence-electron chi connectivity index (χ0n) is 9.34. The maximum Gasteiger partial charge on any atom is 0.266 e. The zero-order chi connectivity index (χ0) is 14.0. The number of anilines is 2. The Morgan fingerprint density at radius 2 is 2.00 bits per heavy atom. The molecule has 0 aliphatic rings. The number of nitrogens with one attached hydrogen (secondary N) is 1. The van der Waals surface area contributed by atoms with Crippen LogP contribution in [0.5, 0.6) is 0 Å². The van der Waals surface area contributed by atoms with E-state index in [2.05, 4.69) is 46.8 Å². The first-order valence-corrected chi connectivity index (χ1v) is 8.02. The van der Waals surface area contributed by atoms with Crippen LogP contribution in [0.3, 0.4) is 0 Å². The minimum atomic E-state index is -3.84. The van der Waals surface area contributed by atoms with Crippen LogP contribution in [0, 0.1) is 0 Å².